The van der Waals surface area contributed by atoms with Crippen molar-refractivity contribution in [3.63, 3.8) is 0 Å². The van der Waals surface area contributed by atoms with Crippen molar-refractivity contribution in [1.29, 1.82) is 0 Å². The molecule has 18 nitrogen and oxygen atoms in total. The summed E-state index contributed by atoms with van der Waals surface area (Å²) in [7, 11) is 0. The van der Waals surface area contributed by atoms with E-state index in [0.717, 1.165) is 225 Å². The van der Waals surface area contributed by atoms with Crippen LogP contribution in [0.25, 0.3) is 0 Å². The zero-order valence-corrected chi connectivity index (χ0v) is 74.6. The SMILES string of the molecule is CCCCCCCCCCCC(=O)OC[C@H]1O[C@H](O[C@H]2[C@H](OC(=O)CCCCCCCCCCC)[C@@H](OC(=O)CCCCCCCCCCC)C(O)O[C@@H]2COC(=O)CCCCCCCCCCC)[C@H](OC(=O)CCCCCCCCCCC)[C@@H](OC(=O)CCCCCCCCCCC)[C@@H]1OC(=O)CCCCCCCCCCC. The van der Waals surface area contributed by atoms with E-state index in [4.69, 9.17) is 47.4 Å². The van der Waals surface area contributed by atoms with Crippen LogP contribution in [0.3, 0.4) is 0 Å². The first-order valence-electron chi connectivity index (χ1n) is 48.7. The third kappa shape index (κ3) is 57.3. The zero-order valence-electron chi connectivity index (χ0n) is 74.6. The standard InChI is InChI=1S/C96H176O18/c1-8-15-22-29-36-43-50-57-64-71-82(97)105-78-80-90(91(110-85(100)74-67-60-53-46-39-32-25-18-11-4)93(95(104)107-80)112-87(102)76-69-62-55-48-41-34-27-20-13-6)114-96-94(113-88(103)77-70-63-56-49-42-35-28-21-14-7)92(111-86(101)75-68-61-54-47-40-33-26-19-12-5)89(109-84(99)73-66-59-52-45-38-31-24-17-10-3)81(108-96)79-106-83(98)72-65-58-51-44-37-30-23-16-9-2/h80-81,89-96,104H,8-79H2,1-7H3/t80-,81-,89-,90-,91+,92+,93-,94-,95?,96-/m1/s1. The molecule has 18 heteroatoms. The maximum Gasteiger partial charge on any atom is 0.306 e. The smallest absolute Gasteiger partial charge is 0.306 e. The van der Waals surface area contributed by atoms with E-state index in [1.165, 1.54) is 135 Å². The summed E-state index contributed by atoms with van der Waals surface area (Å²) in [5.74, 6) is -4.31. The van der Waals surface area contributed by atoms with Gasteiger partial charge < -0.3 is 52.5 Å². The van der Waals surface area contributed by atoms with E-state index in [2.05, 4.69) is 48.5 Å². The van der Waals surface area contributed by atoms with Gasteiger partial charge in [0.25, 0.3) is 0 Å². The highest BCUT2D eigenvalue weighted by Crippen LogP contribution is 2.37. The minimum absolute atomic E-state index is 0.00282. The number of rotatable bonds is 81. The van der Waals surface area contributed by atoms with Crippen LogP contribution in [-0.2, 0) is 80.9 Å². The van der Waals surface area contributed by atoms with Crippen LogP contribution in [0.15, 0.2) is 0 Å². The van der Waals surface area contributed by atoms with Gasteiger partial charge in [-0.05, 0) is 44.9 Å². The molecule has 2 fully saturated rings. The second-order valence-electron chi connectivity index (χ2n) is 33.9. The van der Waals surface area contributed by atoms with Crippen molar-refractivity contribution in [3.05, 3.63) is 0 Å². The third-order valence-electron chi connectivity index (χ3n) is 23.0. The monoisotopic (exact) mass is 1620 g/mol. The quantitative estimate of drug-likeness (QED) is 0.0339. The van der Waals surface area contributed by atoms with Gasteiger partial charge in [0.05, 0.1) is 0 Å². The molecule has 2 aliphatic rings. The Morgan fingerprint density at radius 1 is 0.211 bits per heavy atom. The first-order valence-corrected chi connectivity index (χ1v) is 48.7. The van der Waals surface area contributed by atoms with E-state index in [-0.39, 0.29) is 44.9 Å². The molecule has 0 amide bonds. The van der Waals surface area contributed by atoms with Gasteiger partial charge >= 0.3 is 41.8 Å². The first kappa shape index (κ1) is 106. The molecule has 2 rings (SSSR count). The van der Waals surface area contributed by atoms with Crippen LogP contribution in [-0.4, -0.2) is 122 Å². The highest BCUT2D eigenvalue weighted by atomic mass is 16.8. The Bertz CT molecular complexity index is 2280. The Morgan fingerprint density at radius 2 is 0.395 bits per heavy atom. The number of hydrogen-bond donors (Lipinski definition) is 1. The van der Waals surface area contributed by atoms with Gasteiger partial charge in [-0.15, -0.1) is 0 Å². The van der Waals surface area contributed by atoms with E-state index in [9.17, 15) is 38.7 Å². The fraction of sp³-hybridized carbons (Fsp3) is 0.927. The highest BCUT2D eigenvalue weighted by molar-refractivity contribution is 5.73. The van der Waals surface area contributed by atoms with Gasteiger partial charge in [0.15, 0.2) is 43.1 Å². The number of unbranched alkanes of at least 4 members (excludes halogenated alkanes) is 56. The fourth-order valence-corrected chi connectivity index (χ4v) is 15.7. The Labute approximate surface area is 696 Å². The normalized spacial score (nSPS) is 19.5. The molecule has 0 aromatic rings. The van der Waals surface area contributed by atoms with Gasteiger partial charge in [-0.1, -0.05) is 408 Å². The molecule has 2 saturated heterocycles. The van der Waals surface area contributed by atoms with Crippen molar-refractivity contribution >= 4 is 41.8 Å². The fourth-order valence-electron chi connectivity index (χ4n) is 15.7. The van der Waals surface area contributed by atoms with Crippen molar-refractivity contribution < 1.29 is 86.0 Å². The van der Waals surface area contributed by atoms with E-state index < -0.39 is 116 Å². The molecule has 2 aliphatic heterocycles. The van der Waals surface area contributed by atoms with E-state index in [0.29, 0.717) is 44.9 Å². The van der Waals surface area contributed by atoms with Crippen LogP contribution in [0.4, 0.5) is 0 Å². The molecule has 1 unspecified atom stereocenters. The van der Waals surface area contributed by atoms with Crippen LogP contribution >= 0.6 is 0 Å². The molecule has 114 heavy (non-hydrogen) atoms. The van der Waals surface area contributed by atoms with Crippen LogP contribution in [0.5, 0.6) is 0 Å². The average molecular weight is 1620 g/mol. The largest absolute Gasteiger partial charge is 0.463 e. The molecule has 0 aromatic heterocycles. The summed E-state index contributed by atoms with van der Waals surface area (Å²) in [5, 5.41) is 12.3. The average Bonchev–Trinajstić information content (AvgIpc) is 0.764. The van der Waals surface area contributed by atoms with Crippen LogP contribution in [0.2, 0.25) is 0 Å². The summed E-state index contributed by atoms with van der Waals surface area (Å²) >= 11 is 0. The van der Waals surface area contributed by atoms with E-state index in [1.54, 1.807) is 0 Å². The van der Waals surface area contributed by atoms with Gasteiger partial charge in [-0.2, -0.15) is 0 Å². The molecule has 0 aliphatic carbocycles. The number of ether oxygens (including phenoxy) is 10. The molecular weight excluding hydrogens is 1440 g/mol. The Morgan fingerprint density at radius 3 is 0.640 bits per heavy atom. The van der Waals surface area contributed by atoms with Crippen molar-refractivity contribution in [1.82, 2.24) is 0 Å². The van der Waals surface area contributed by atoms with Crippen molar-refractivity contribution in [2.75, 3.05) is 13.2 Å². The molecule has 0 radical (unpaired) electrons. The number of carbonyl (C=O) groups is 7. The maximum atomic E-state index is 14.9. The topological polar surface area (TPSA) is 232 Å². The molecule has 10 atom stereocenters. The zero-order chi connectivity index (χ0) is 82.8. The lowest BCUT2D eigenvalue weighted by atomic mass is 9.95. The summed E-state index contributed by atoms with van der Waals surface area (Å²) in [4.78, 5) is 101. The lowest BCUT2D eigenvalue weighted by Crippen LogP contribution is -2.67. The summed E-state index contributed by atoms with van der Waals surface area (Å²) in [5.41, 5.74) is 0. The summed E-state index contributed by atoms with van der Waals surface area (Å²) in [6, 6.07) is 0. The van der Waals surface area contributed by atoms with Crippen molar-refractivity contribution in [3.8, 4) is 0 Å². The van der Waals surface area contributed by atoms with Gasteiger partial charge in [0, 0.05) is 44.9 Å². The van der Waals surface area contributed by atoms with Gasteiger partial charge in [-0.3, -0.25) is 33.6 Å². The summed E-state index contributed by atoms with van der Waals surface area (Å²) < 4.78 is 65.5. The summed E-state index contributed by atoms with van der Waals surface area (Å²) in [6.07, 6.45) is 47.6. The first-order chi connectivity index (χ1) is 55.8. The van der Waals surface area contributed by atoms with E-state index in [1.807, 2.05) is 0 Å². The second kappa shape index (κ2) is 76.5. The van der Waals surface area contributed by atoms with Crippen LogP contribution in [0.1, 0.15) is 498 Å². The Kier molecular flexibility index (Phi) is 71.3. The maximum absolute atomic E-state index is 14.9. The molecule has 1 N–H and O–H groups in total. The highest BCUT2D eigenvalue weighted by Gasteiger charge is 2.58. The van der Waals surface area contributed by atoms with Gasteiger partial charge in [0.2, 0.25) is 0 Å². The molecule has 0 saturated carbocycles. The number of esters is 7. The predicted molar refractivity (Wildman–Crippen MR) is 459 cm³/mol. The van der Waals surface area contributed by atoms with Crippen LogP contribution < -0.4 is 0 Å². The molecule has 0 bridgehead atoms. The minimum atomic E-state index is -1.93. The molecule has 0 spiro atoms. The predicted octanol–water partition coefficient (Wildman–Crippen LogP) is 25.9. The Balaban J connectivity index is 2.98. The van der Waals surface area contributed by atoms with Crippen molar-refractivity contribution in [2.24, 2.45) is 0 Å². The van der Waals surface area contributed by atoms with Crippen molar-refractivity contribution in [2.45, 2.75) is 559 Å². The number of aliphatic hydroxyl groups is 1. The number of hydrogen-bond acceptors (Lipinski definition) is 18. The number of carbonyl (C=O) groups excluding carboxylic acids is 7. The lowest BCUT2D eigenvalue weighted by molar-refractivity contribution is -0.357. The van der Waals surface area contributed by atoms with Gasteiger partial charge in [-0.25, -0.2) is 0 Å². The molecular formula is C96H176O18. The van der Waals surface area contributed by atoms with Crippen LogP contribution in [0, 0.1) is 0 Å². The number of aliphatic hydroxyl groups excluding tert-OH is 1. The van der Waals surface area contributed by atoms with E-state index >= 15 is 0 Å². The minimum Gasteiger partial charge on any atom is -0.463 e. The third-order valence-corrected chi connectivity index (χ3v) is 23.0. The second-order valence-corrected chi connectivity index (χ2v) is 33.9. The molecule has 668 valence electrons. The Hall–Kier alpha value is -3.87. The lowest BCUT2D eigenvalue weighted by Gasteiger charge is -2.48. The van der Waals surface area contributed by atoms with Gasteiger partial charge in [0.1, 0.15) is 31.5 Å². The molecule has 2 heterocycles. The summed E-state index contributed by atoms with van der Waals surface area (Å²) in [6.45, 7) is 14.4. The molecule has 0 aromatic carbocycles.